The fourth-order valence-electron chi connectivity index (χ4n) is 2.49. The van der Waals surface area contributed by atoms with Gasteiger partial charge >= 0.3 is 5.97 Å². The molecule has 0 spiro atoms. The molecule has 1 N–H and O–H groups in total. The van der Waals surface area contributed by atoms with Crippen molar-refractivity contribution >= 4 is 11.9 Å². The van der Waals surface area contributed by atoms with Crippen molar-refractivity contribution in [2.45, 2.75) is 0 Å². The average molecular weight is 336 g/mol. The minimum atomic E-state index is -1.09. The van der Waals surface area contributed by atoms with Crippen molar-refractivity contribution < 1.29 is 14.7 Å². The van der Waals surface area contributed by atoms with E-state index in [1.807, 2.05) is 60.7 Å². The molecule has 1 aromatic heterocycles. The van der Waals surface area contributed by atoms with Gasteiger partial charge in [0.1, 0.15) is 12.2 Å². The van der Waals surface area contributed by atoms with Gasteiger partial charge in [0, 0.05) is 12.6 Å². The Morgan fingerprint density at radius 2 is 1.64 bits per heavy atom. The van der Waals surface area contributed by atoms with E-state index in [0.29, 0.717) is 5.69 Å². The van der Waals surface area contributed by atoms with E-state index < -0.39 is 18.4 Å². The van der Waals surface area contributed by atoms with E-state index in [4.69, 9.17) is 5.11 Å². The molecule has 7 nitrogen and oxygen atoms in total. The third-order valence-corrected chi connectivity index (χ3v) is 3.64. The van der Waals surface area contributed by atoms with Crippen molar-refractivity contribution in [2.75, 3.05) is 13.6 Å². The normalized spacial score (nSPS) is 10.4. The molecule has 2 aromatic carbocycles. The zero-order valence-corrected chi connectivity index (χ0v) is 13.5. The summed E-state index contributed by atoms with van der Waals surface area (Å²) in [5.41, 5.74) is 2.16. The van der Waals surface area contributed by atoms with Crippen molar-refractivity contribution in [1.82, 2.24) is 19.9 Å². The predicted molar refractivity (Wildman–Crippen MR) is 91.4 cm³/mol. The molecular formula is C18H16N4O3. The Labute approximate surface area is 144 Å². The third kappa shape index (κ3) is 3.40. The number of carbonyl (C=O) groups is 2. The Morgan fingerprint density at radius 3 is 2.24 bits per heavy atom. The molecule has 3 rings (SSSR count). The first kappa shape index (κ1) is 16.4. The van der Waals surface area contributed by atoms with Crippen molar-refractivity contribution in [3.05, 3.63) is 66.4 Å². The largest absolute Gasteiger partial charge is 0.480 e. The number of aliphatic carboxylic acids is 1. The maximum atomic E-state index is 12.7. The number of benzene rings is 2. The maximum absolute atomic E-state index is 12.7. The van der Waals surface area contributed by atoms with Crippen LogP contribution in [0.3, 0.4) is 0 Å². The number of likely N-dealkylation sites (N-methyl/N-ethyl adjacent to an activating group) is 1. The predicted octanol–water partition coefficient (Wildman–Crippen LogP) is 2.09. The molecule has 25 heavy (non-hydrogen) atoms. The molecule has 0 bridgehead atoms. The summed E-state index contributed by atoms with van der Waals surface area (Å²) >= 11 is 0. The van der Waals surface area contributed by atoms with Crippen LogP contribution in [0.25, 0.3) is 16.9 Å². The average Bonchev–Trinajstić information content (AvgIpc) is 3.07. The number of carbonyl (C=O) groups excluding carboxylic acids is 1. The van der Waals surface area contributed by atoms with Gasteiger partial charge in [-0.3, -0.25) is 9.59 Å². The number of para-hydroxylation sites is 1. The van der Waals surface area contributed by atoms with E-state index >= 15 is 0 Å². The van der Waals surface area contributed by atoms with Gasteiger partial charge in [-0.05, 0) is 12.1 Å². The second-order valence-electron chi connectivity index (χ2n) is 5.45. The van der Waals surface area contributed by atoms with Gasteiger partial charge in [0.25, 0.3) is 5.91 Å². The zero-order chi connectivity index (χ0) is 17.8. The Morgan fingerprint density at radius 1 is 1.04 bits per heavy atom. The molecule has 0 fully saturated rings. The number of carboxylic acids is 1. The van der Waals surface area contributed by atoms with Crippen molar-refractivity contribution in [1.29, 1.82) is 0 Å². The van der Waals surface area contributed by atoms with E-state index in [1.54, 1.807) is 4.68 Å². The van der Waals surface area contributed by atoms with Crippen LogP contribution in [-0.4, -0.2) is 50.5 Å². The summed E-state index contributed by atoms with van der Waals surface area (Å²) in [7, 11) is 1.42. The van der Waals surface area contributed by atoms with Crippen LogP contribution in [0.4, 0.5) is 0 Å². The highest BCUT2D eigenvalue weighted by atomic mass is 16.4. The lowest BCUT2D eigenvalue weighted by molar-refractivity contribution is -0.137. The number of amides is 1. The molecule has 0 atom stereocenters. The maximum Gasteiger partial charge on any atom is 0.323 e. The lowest BCUT2D eigenvalue weighted by Gasteiger charge is -2.14. The van der Waals surface area contributed by atoms with Gasteiger partial charge in [-0.15, -0.1) is 5.10 Å². The Hall–Kier alpha value is -3.48. The van der Waals surface area contributed by atoms with Crippen LogP contribution in [0.5, 0.6) is 0 Å². The summed E-state index contributed by atoms with van der Waals surface area (Å²) in [6.45, 7) is -0.411. The summed E-state index contributed by atoms with van der Waals surface area (Å²) in [6, 6.07) is 18.6. The zero-order valence-electron chi connectivity index (χ0n) is 13.5. The Bertz CT molecular complexity index is 891. The molecule has 0 aliphatic heterocycles. The van der Waals surface area contributed by atoms with Crippen LogP contribution in [0, 0.1) is 0 Å². The highest BCUT2D eigenvalue weighted by Gasteiger charge is 2.25. The first-order chi connectivity index (χ1) is 12.1. The van der Waals surface area contributed by atoms with Crippen LogP contribution >= 0.6 is 0 Å². The fourth-order valence-corrected chi connectivity index (χ4v) is 2.49. The third-order valence-electron chi connectivity index (χ3n) is 3.64. The van der Waals surface area contributed by atoms with Crippen molar-refractivity contribution in [3.8, 4) is 16.9 Å². The number of hydrogen-bond acceptors (Lipinski definition) is 4. The molecule has 0 saturated heterocycles. The second kappa shape index (κ2) is 6.96. The molecule has 3 aromatic rings. The van der Waals surface area contributed by atoms with Gasteiger partial charge < -0.3 is 10.0 Å². The minimum Gasteiger partial charge on any atom is -0.480 e. The van der Waals surface area contributed by atoms with Crippen LogP contribution < -0.4 is 0 Å². The number of carboxylic acid groups (broad SMARTS) is 1. The van der Waals surface area contributed by atoms with Gasteiger partial charge in [0.2, 0.25) is 0 Å². The Balaban J connectivity index is 2.12. The SMILES string of the molecule is CN(CC(=O)O)C(=O)c1nnn(-c2ccccc2)c1-c1ccccc1. The molecule has 126 valence electrons. The number of nitrogens with zero attached hydrogens (tertiary/aromatic N) is 4. The topological polar surface area (TPSA) is 88.3 Å². The quantitative estimate of drug-likeness (QED) is 0.771. The molecule has 0 aliphatic rings. The number of rotatable bonds is 5. The van der Waals surface area contributed by atoms with Crippen LogP contribution in [0.1, 0.15) is 10.5 Å². The lowest BCUT2D eigenvalue weighted by Crippen LogP contribution is -2.32. The highest BCUT2D eigenvalue weighted by molar-refractivity contribution is 5.99. The smallest absolute Gasteiger partial charge is 0.323 e. The minimum absolute atomic E-state index is 0.110. The summed E-state index contributed by atoms with van der Waals surface area (Å²) in [4.78, 5) is 24.7. The van der Waals surface area contributed by atoms with Gasteiger partial charge in [-0.2, -0.15) is 0 Å². The summed E-state index contributed by atoms with van der Waals surface area (Å²) in [5, 5.41) is 17.1. The van der Waals surface area contributed by atoms with E-state index in [9.17, 15) is 9.59 Å². The first-order valence-electron chi connectivity index (χ1n) is 7.61. The van der Waals surface area contributed by atoms with Gasteiger partial charge in [0.15, 0.2) is 5.69 Å². The van der Waals surface area contributed by atoms with Gasteiger partial charge in [0.05, 0.1) is 5.69 Å². The van der Waals surface area contributed by atoms with E-state index in [1.165, 1.54) is 7.05 Å². The molecule has 7 heteroatoms. The molecule has 0 aliphatic carbocycles. The molecule has 0 unspecified atom stereocenters. The van der Waals surface area contributed by atoms with E-state index in [-0.39, 0.29) is 5.69 Å². The molecule has 0 saturated carbocycles. The second-order valence-corrected chi connectivity index (χ2v) is 5.45. The van der Waals surface area contributed by atoms with E-state index in [2.05, 4.69) is 10.3 Å². The molecule has 0 radical (unpaired) electrons. The monoisotopic (exact) mass is 336 g/mol. The molecular weight excluding hydrogens is 320 g/mol. The number of aromatic nitrogens is 3. The lowest BCUT2D eigenvalue weighted by atomic mass is 10.1. The van der Waals surface area contributed by atoms with Gasteiger partial charge in [-0.25, -0.2) is 4.68 Å². The molecule has 1 heterocycles. The van der Waals surface area contributed by atoms with Crippen LogP contribution in [0.15, 0.2) is 60.7 Å². The van der Waals surface area contributed by atoms with E-state index in [0.717, 1.165) is 16.2 Å². The summed E-state index contributed by atoms with van der Waals surface area (Å²) in [6.07, 6.45) is 0. The van der Waals surface area contributed by atoms with Gasteiger partial charge in [-0.1, -0.05) is 53.7 Å². The van der Waals surface area contributed by atoms with Crippen LogP contribution in [0.2, 0.25) is 0 Å². The highest BCUT2D eigenvalue weighted by Crippen LogP contribution is 2.25. The van der Waals surface area contributed by atoms with Crippen molar-refractivity contribution in [2.24, 2.45) is 0 Å². The Kier molecular flexibility index (Phi) is 4.56. The standard InChI is InChI=1S/C18H16N4O3/c1-21(12-15(23)24)18(25)16-17(13-8-4-2-5-9-13)22(20-19-16)14-10-6-3-7-11-14/h2-11H,12H2,1H3,(H,23,24). The number of hydrogen-bond donors (Lipinski definition) is 1. The summed E-state index contributed by atoms with van der Waals surface area (Å²) in [5.74, 6) is -1.59. The first-order valence-corrected chi connectivity index (χ1v) is 7.61. The van der Waals surface area contributed by atoms with Crippen LogP contribution in [-0.2, 0) is 4.79 Å². The fraction of sp³-hybridized carbons (Fsp3) is 0.111. The molecule has 1 amide bonds. The van der Waals surface area contributed by atoms with Crippen molar-refractivity contribution in [3.63, 3.8) is 0 Å². The summed E-state index contributed by atoms with van der Waals surface area (Å²) < 4.78 is 1.58.